The summed E-state index contributed by atoms with van der Waals surface area (Å²) in [6.45, 7) is 5.24. The van der Waals surface area contributed by atoms with Gasteiger partial charge in [0.25, 0.3) is 0 Å². The molecule has 0 spiro atoms. The molecule has 0 saturated carbocycles. The number of hydrogen-bond donors (Lipinski definition) is 0. The van der Waals surface area contributed by atoms with E-state index in [1.807, 2.05) is 25.1 Å². The predicted octanol–water partition coefficient (Wildman–Crippen LogP) is 2.55. The summed E-state index contributed by atoms with van der Waals surface area (Å²) in [5.74, 6) is -1.02. The molecule has 2 atom stereocenters. The fourth-order valence-corrected chi connectivity index (χ4v) is 3.98. The lowest BCUT2D eigenvalue weighted by Gasteiger charge is -2.24. The van der Waals surface area contributed by atoms with Crippen LogP contribution in [0.1, 0.15) is 38.7 Å². The molecule has 2 aliphatic rings. The molecule has 148 valence electrons. The van der Waals surface area contributed by atoms with E-state index in [-0.39, 0.29) is 30.4 Å². The van der Waals surface area contributed by atoms with E-state index in [0.717, 1.165) is 12.8 Å². The monoisotopic (exact) mass is 375 g/mol. The van der Waals surface area contributed by atoms with Crippen LogP contribution >= 0.6 is 0 Å². The molecule has 1 aromatic rings. The molecule has 2 heterocycles. The maximum absolute atomic E-state index is 13.0. The maximum atomic E-state index is 13.0. The Morgan fingerprint density at radius 2 is 1.96 bits per heavy atom. The first kappa shape index (κ1) is 19.8. The van der Waals surface area contributed by atoms with E-state index >= 15 is 0 Å². The van der Waals surface area contributed by atoms with Crippen LogP contribution in [0, 0.1) is 5.92 Å². The molecule has 0 aromatic heterocycles. The van der Waals surface area contributed by atoms with Gasteiger partial charge >= 0.3 is 5.97 Å². The van der Waals surface area contributed by atoms with Gasteiger partial charge in [0.2, 0.25) is 5.91 Å². The van der Waals surface area contributed by atoms with Crippen molar-refractivity contribution < 1.29 is 23.8 Å². The second-order valence-electron chi connectivity index (χ2n) is 7.42. The zero-order valence-corrected chi connectivity index (χ0v) is 16.2. The number of esters is 1. The number of likely N-dealkylation sites (tertiary alicyclic amines) is 1. The maximum Gasteiger partial charge on any atom is 0.325 e. The van der Waals surface area contributed by atoms with Crippen molar-refractivity contribution >= 4 is 11.9 Å². The van der Waals surface area contributed by atoms with Crippen molar-refractivity contribution in [3.63, 3.8) is 0 Å². The van der Waals surface area contributed by atoms with Crippen molar-refractivity contribution in [3.05, 3.63) is 35.9 Å². The lowest BCUT2D eigenvalue weighted by molar-refractivity contribution is -0.153. The average molecular weight is 375 g/mol. The minimum Gasteiger partial charge on any atom is -0.465 e. The fraction of sp³-hybridized carbons (Fsp3) is 0.619. The van der Waals surface area contributed by atoms with E-state index in [0.29, 0.717) is 32.7 Å². The second kappa shape index (κ2) is 8.85. The number of rotatable bonds is 8. The first-order valence-electron chi connectivity index (χ1n) is 9.78. The van der Waals surface area contributed by atoms with Crippen LogP contribution in [-0.2, 0) is 30.2 Å². The van der Waals surface area contributed by atoms with Crippen LogP contribution < -0.4 is 0 Å². The van der Waals surface area contributed by atoms with Crippen LogP contribution in [0.15, 0.2) is 30.3 Å². The van der Waals surface area contributed by atoms with Crippen LogP contribution in [0.2, 0.25) is 0 Å². The van der Waals surface area contributed by atoms with Gasteiger partial charge < -0.3 is 19.1 Å². The molecule has 0 aliphatic carbocycles. The van der Waals surface area contributed by atoms with E-state index in [4.69, 9.17) is 14.2 Å². The number of ether oxygens (including phenoxy) is 3. The molecule has 1 aromatic carbocycles. The lowest BCUT2D eigenvalue weighted by atomic mass is 9.94. The summed E-state index contributed by atoms with van der Waals surface area (Å²) in [4.78, 5) is 26.7. The lowest BCUT2D eigenvalue weighted by Crippen LogP contribution is -2.40. The summed E-state index contributed by atoms with van der Waals surface area (Å²) in [5.41, 5.74) is 1.17. The zero-order chi connectivity index (χ0) is 19.3. The number of benzene rings is 1. The summed E-state index contributed by atoms with van der Waals surface area (Å²) < 4.78 is 16.4. The van der Waals surface area contributed by atoms with E-state index < -0.39 is 5.79 Å². The molecule has 0 bridgehead atoms. The Morgan fingerprint density at radius 3 is 2.63 bits per heavy atom. The van der Waals surface area contributed by atoms with Gasteiger partial charge in [0.05, 0.1) is 19.8 Å². The first-order chi connectivity index (χ1) is 13.0. The molecule has 6 nitrogen and oxygen atoms in total. The highest BCUT2D eigenvalue weighted by atomic mass is 16.7. The van der Waals surface area contributed by atoms with Crippen LogP contribution in [0.3, 0.4) is 0 Å². The fourth-order valence-electron chi connectivity index (χ4n) is 3.98. The largest absolute Gasteiger partial charge is 0.465 e. The summed E-state index contributed by atoms with van der Waals surface area (Å²) in [7, 11) is 0. The van der Waals surface area contributed by atoms with Gasteiger partial charge in [-0.3, -0.25) is 9.59 Å². The van der Waals surface area contributed by atoms with Gasteiger partial charge in [0.15, 0.2) is 5.79 Å². The molecule has 2 saturated heterocycles. The Hall–Kier alpha value is -1.92. The molecule has 2 aliphatic heterocycles. The Balaban J connectivity index is 1.67. The van der Waals surface area contributed by atoms with Crippen molar-refractivity contribution in [2.45, 2.75) is 51.4 Å². The Morgan fingerprint density at radius 1 is 1.26 bits per heavy atom. The van der Waals surface area contributed by atoms with Gasteiger partial charge in [-0.1, -0.05) is 30.3 Å². The molecule has 0 radical (unpaired) electrons. The van der Waals surface area contributed by atoms with Gasteiger partial charge in [0.1, 0.15) is 6.54 Å². The first-order valence-corrected chi connectivity index (χ1v) is 9.78. The number of amides is 1. The highest BCUT2D eigenvalue weighted by Gasteiger charge is 2.42. The summed E-state index contributed by atoms with van der Waals surface area (Å²) in [6.07, 6.45) is 2.85. The number of carbonyl (C=O) groups excluding carboxylic acids is 2. The molecule has 2 unspecified atom stereocenters. The summed E-state index contributed by atoms with van der Waals surface area (Å²) in [5, 5.41) is 0. The minimum absolute atomic E-state index is 0.00697. The van der Waals surface area contributed by atoms with Gasteiger partial charge in [-0.05, 0) is 38.7 Å². The van der Waals surface area contributed by atoms with Crippen LogP contribution in [-0.4, -0.2) is 55.0 Å². The third-order valence-electron chi connectivity index (χ3n) is 5.39. The van der Waals surface area contributed by atoms with Crippen molar-refractivity contribution in [1.82, 2.24) is 4.90 Å². The normalized spacial score (nSPS) is 24.4. The molecular weight excluding hydrogens is 346 g/mol. The predicted molar refractivity (Wildman–Crippen MR) is 99.9 cm³/mol. The molecule has 2 fully saturated rings. The Bertz CT molecular complexity index is 641. The van der Waals surface area contributed by atoms with Crippen molar-refractivity contribution in [2.24, 2.45) is 5.92 Å². The smallest absolute Gasteiger partial charge is 0.325 e. The van der Waals surface area contributed by atoms with Crippen LogP contribution in [0.5, 0.6) is 0 Å². The van der Waals surface area contributed by atoms with Crippen molar-refractivity contribution in [3.8, 4) is 0 Å². The van der Waals surface area contributed by atoms with Crippen LogP contribution in [0.25, 0.3) is 0 Å². The van der Waals surface area contributed by atoms with Gasteiger partial charge in [0, 0.05) is 18.4 Å². The van der Waals surface area contributed by atoms with E-state index in [2.05, 4.69) is 12.1 Å². The van der Waals surface area contributed by atoms with E-state index in [1.165, 1.54) is 5.56 Å². The Kier molecular flexibility index (Phi) is 6.50. The second-order valence-corrected chi connectivity index (χ2v) is 7.42. The molecule has 3 rings (SSSR count). The highest BCUT2D eigenvalue weighted by Crippen LogP contribution is 2.34. The third-order valence-corrected chi connectivity index (χ3v) is 5.39. The number of carbonyl (C=O) groups is 2. The molecular formula is C21H29NO5. The van der Waals surface area contributed by atoms with Crippen LogP contribution in [0.4, 0.5) is 0 Å². The van der Waals surface area contributed by atoms with E-state index in [1.54, 1.807) is 11.8 Å². The molecule has 0 N–H and O–H groups in total. The Labute approximate surface area is 160 Å². The molecule has 1 amide bonds. The van der Waals surface area contributed by atoms with Crippen molar-refractivity contribution in [1.29, 1.82) is 0 Å². The zero-order valence-electron chi connectivity index (χ0n) is 16.2. The topological polar surface area (TPSA) is 65.1 Å². The third kappa shape index (κ3) is 5.08. The van der Waals surface area contributed by atoms with E-state index in [9.17, 15) is 9.59 Å². The van der Waals surface area contributed by atoms with Crippen molar-refractivity contribution in [2.75, 3.05) is 26.4 Å². The minimum atomic E-state index is -0.593. The standard InChI is InChI=1S/C21H29NO5/c1-3-25-19(23)15-22-18(13-16-7-5-4-6-8-16)14-17(20(22)24)9-10-21(2)26-11-12-27-21/h4-8,17-18H,3,9-15H2,1-2H3. The quantitative estimate of drug-likeness (QED) is 0.654. The SMILES string of the molecule is CCOC(=O)CN1C(=O)C(CCC2(C)OCCO2)CC1Cc1ccccc1. The average Bonchev–Trinajstić information content (AvgIpc) is 3.20. The number of nitrogens with zero attached hydrogens (tertiary/aromatic N) is 1. The summed E-state index contributed by atoms with van der Waals surface area (Å²) in [6, 6.07) is 10.1. The molecule has 6 heteroatoms. The summed E-state index contributed by atoms with van der Waals surface area (Å²) >= 11 is 0. The van der Waals surface area contributed by atoms with Gasteiger partial charge in [-0.15, -0.1) is 0 Å². The molecule has 27 heavy (non-hydrogen) atoms. The van der Waals surface area contributed by atoms with Gasteiger partial charge in [-0.2, -0.15) is 0 Å². The highest BCUT2D eigenvalue weighted by molar-refractivity contribution is 5.85. The van der Waals surface area contributed by atoms with Gasteiger partial charge in [-0.25, -0.2) is 0 Å². The number of hydrogen-bond acceptors (Lipinski definition) is 5.